The number of anilines is 2. The summed E-state index contributed by atoms with van der Waals surface area (Å²) in [6.45, 7) is 7.29. The van der Waals surface area contributed by atoms with Crippen molar-refractivity contribution in [2.45, 2.75) is 39.5 Å². The summed E-state index contributed by atoms with van der Waals surface area (Å²) >= 11 is 5.90. The molecule has 0 fully saturated rings. The number of nitrogens with two attached hydrogens (primary N) is 1. The van der Waals surface area contributed by atoms with Gasteiger partial charge in [-0.25, -0.2) is 0 Å². The van der Waals surface area contributed by atoms with E-state index < -0.39 is 0 Å². The molecular formula is C29H33ClN2O. The molecule has 3 aromatic carbocycles. The Kier molecular flexibility index (Phi) is 6.54. The van der Waals surface area contributed by atoms with Gasteiger partial charge in [-0.3, -0.25) is 4.79 Å². The highest BCUT2D eigenvalue weighted by Crippen LogP contribution is 2.48. The minimum absolute atomic E-state index is 0.0191. The van der Waals surface area contributed by atoms with E-state index >= 15 is 0 Å². The number of carbonyl (C=O) groups is 1. The van der Waals surface area contributed by atoms with Crippen molar-refractivity contribution in [1.29, 1.82) is 0 Å². The van der Waals surface area contributed by atoms with Gasteiger partial charge < -0.3 is 10.6 Å². The average Bonchev–Trinajstić information content (AvgIpc) is 2.78. The zero-order valence-corrected chi connectivity index (χ0v) is 20.7. The molecule has 1 atom stereocenters. The fourth-order valence-corrected chi connectivity index (χ4v) is 5.38. The number of nitrogen functional groups attached to an aromatic ring is 1. The van der Waals surface area contributed by atoms with Gasteiger partial charge >= 0.3 is 0 Å². The highest BCUT2D eigenvalue weighted by molar-refractivity contribution is 6.18. The van der Waals surface area contributed by atoms with E-state index in [4.69, 9.17) is 17.3 Å². The third-order valence-electron chi connectivity index (χ3n) is 6.87. The Morgan fingerprint density at radius 1 is 1.03 bits per heavy atom. The summed E-state index contributed by atoms with van der Waals surface area (Å²) in [5.41, 5.74) is 12.5. The van der Waals surface area contributed by atoms with Gasteiger partial charge in [-0.05, 0) is 51.9 Å². The summed E-state index contributed by atoms with van der Waals surface area (Å²) in [7, 11) is 2.04. The summed E-state index contributed by atoms with van der Waals surface area (Å²) in [6.07, 6.45) is 1.38. The summed E-state index contributed by atoms with van der Waals surface area (Å²) in [5.74, 6) is 0.792. The van der Waals surface area contributed by atoms with Gasteiger partial charge in [0.05, 0.1) is 0 Å². The molecule has 0 saturated heterocycles. The normalized spacial score (nSPS) is 16.8. The van der Waals surface area contributed by atoms with Crippen LogP contribution in [0.25, 0.3) is 16.3 Å². The van der Waals surface area contributed by atoms with Crippen molar-refractivity contribution >= 4 is 45.1 Å². The molecule has 0 unspecified atom stereocenters. The number of Topliss-reactive ketones (excluding diaryl/α,β-unsaturated/α-hetero) is 1. The molecule has 0 spiro atoms. The van der Waals surface area contributed by atoms with Crippen molar-refractivity contribution in [3.8, 4) is 0 Å². The minimum atomic E-state index is -0.104. The van der Waals surface area contributed by atoms with E-state index in [-0.39, 0.29) is 17.1 Å². The van der Waals surface area contributed by atoms with Gasteiger partial charge in [-0.1, -0.05) is 63.2 Å². The van der Waals surface area contributed by atoms with Crippen LogP contribution in [0.15, 0.2) is 66.2 Å². The lowest BCUT2D eigenvalue weighted by molar-refractivity contribution is -0.118. The Morgan fingerprint density at radius 2 is 1.73 bits per heavy atom. The van der Waals surface area contributed by atoms with E-state index in [0.29, 0.717) is 12.3 Å². The van der Waals surface area contributed by atoms with Crippen LogP contribution in [0.2, 0.25) is 0 Å². The quantitative estimate of drug-likeness (QED) is 0.317. The van der Waals surface area contributed by atoms with E-state index in [1.165, 1.54) is 0 Å². The lowest BCUT2D eigenvalue weighted by Gasteiger charge is -2.35. The minimum Gasteiger partial charge on any atom is -0.398 e. The molecule has 4 rings (SSSR count). The van der Waals surface area contributed by atoms with Crippen LogP contribution in [0.5, 0.6) is 0 Å². The number of hydrogen-bond acceptors (Lipinski definition) is 3. The van der Waals surface area contributed by atoms with E-state index in [1.54, 1.807) is 0 Å². The van der Waals surface area contributed by atoms with Crippen LogP contribution in [0, 0.1) is 5.41 Å². The second-order valence-corrected chi connectivity index (χ2v) is 10.4. The van der Waals surface area contributed by atoms with Crippen LogP contribution in [-0.2, 0) is 4.79 Å². The molecule has 0 radical (unpaired) electrons. The molecule has 3 aromatic rings. The third-order valence-corrected chi connectivity index (χ3v) is 7.04. The first-order valence-electron chi connectivity index (χ1n) is 11.6. The van der Waals surface area contributed by atoms with Gasteiger partial charge in [-0.15, -0.1) is 11.6 Å². The van der Waals surface area contributed by atoms with Crippen LogP contribution in [-0.4, -0.2) is 25.3 Å². The van der Waals surface area contributed by atoms with Gasteiger partial charge in [-0.2, -0.15) is 0 Å². The summed E-state index contributed by atoms with van der Waals surface area (Å²) in [5, 5.41) is 2.25. The zero-order valence-electron chi connectivity index (χ0n) is 20.0. The summed E-state index contributed by atoms with van der Waals surface area (Å²) in [4.78, 5) is 15.7. The molecule has 0 amide bonds. The predicted molar refractivity (Wildman–Crippen MR) is 142 cm³/mol. The van der Waals surface area contributed by atoms with Crippen LogP contribution in [0.3, 0.4) is 0 Å². The Hall–Kier alpha value is -2.78. The maximum Gasteiger partial charge on any atom is 0.160 e. The first kappa shape index (κ1) is 23.4. The monoisotopic (exact) mass is 460 g/mol. The van der Waals surface area contributed by atoms with Gasteiger partial charge in [0.1, 0.15) is 0 Å². The van der Waals surface area contributed by atoms with Crippen LogP contribution < -0.4 is 10.6 Å². The van der Waals surface area contributed by atoms with Crippen molar-refractivity contribution in [3.05, 3.63) is 77.4 Å². The standard InChI is InChI=1S/C29H33ClN2O/c1-19(20-9-12-22(13-10-20)32(4)16-15-30)27-24(17-29(2,3)18-26(27)33)28-23-8-6-5-7-21(23)11-14-25(28)31/h5-14,19H,15-18,31H2,1-4H3/t19-/m1/s1. The molecule has 2 N–H and O–H groups in total. The van der Waals surface area contributed by atoms with Crippen molar-refractivity contribution in [2.24, 2.45) is 5.41 Å². The maximum absolute atomic E-state index is 13.6. The van der Waals surface area contributed by atoms with E-state index in [2.05, 4.69) is 68.1 Å². The average molecular weight is 461 g/mol. The molecule has 0 bridgehead atoms. The Morgan fingerprint density at radius 3 is 2.42 bits per heavy atom. The van der Waals surface area contributed by atoms with Crippen molar-refractivity contribution < 1.29 is 4.79 Å². The number of allylic oxidation sites excluding steroid dienone is 2. The molecule has 4 heteroatoms. The van der Waals surface area contributed by atoms with E-state index in [0.717, 1.165) is 57.4 Å². The lowest BCUT2D eigenvalue weighted by Crippen LogP contribution is -2.27. The smallest absolute Gasteiger partial charge is 0.160 e. The molecule has 1 aliphatic carbocycles. The molecule has 172 valence electrons. The zero-order chi connectivity index (χ0) is 23.8. The number of carbonyl (C=O) groups excluding carboxylic acids is 1. The molecule has 0 aromatic heterocycles. The number of hydrogen-bond donors (Lipinski definition) is 1. The van der Waals surface area contributed by atoms with Crippen molar-refractivity contribution in [3.63, 3.8) is 0 Å². The number of rotatable bonds is 6. The van der Waals surface area contributed by atoms with Crippen molar-refractivity contribution in [1.82, 2.24) is 0 Å². The predicted octanol–water partition coefficient (Wildman–Crippen LogP) is 7.04. The first-order valence-corrected chi connectivity index (χ1v) is 12.2. The molecule has 0 aliphatic heterocycles. The van der Waals surface area contributed by atoms with Gasteiger partial charge in [0, 0.05) is 54.3 Å². The number of fused-ring (bicyclic) bond motifs is 1. The summed E-state index contributed by atoms with van der Waals surface area (Å²) < 4.78 is 0. The fourth-order valence-electron chi connectivity index (χ4n) is 5.13. The van der Waals surface area contributed by atoms with Crippen LogP contribution >= 0.6 is 11.6 Å². The summed E-state index contributed by atoms with van der Waals surface area (Å²) in [6, 6.07) is 20.8. The van der Waals surface area contributed by atoms with E-state index in [1.807, 2.05) is 25.2 Å². The second-order valence-electron chi connectivity index (χ2n) is 10.0. The number of alkyl halides is 1. The molecule has 33 heavy (non-hydrogen) atoms. The van der Waals surface area contributed by atoms with E-state index in [9.17, 15) is 4.79 Å². The maximum atomic E-state index is 13.6. The Bertz CT molecular complexity index is 1210. The van der Waals surface area contributed by atoms with Crippen molar-refractivity contribution in [2.75, 3.05) is 30.1 Å². The van der Waals surface area contributed by atoms with Gasteiger partial charge in [0.25, 0.3) is 0 Å². The Labute approximate surface area is 202 Å². The molecule has 0 saturated carbocycles. The lowest BCUT2D eigenvalue weighted by atomic mass is 9.68. The van der Waals surface area contributed by atoms with Crippen LogP contribution in [0.1, 0.15) is 50.7 Å². The molecular weight excluding hydrogens is 428 g/mol. The molecule has 3 nitrogen and oxygen atoms in total. The SMILES string of the molecule is C[C@@H](C1=C(c2c(N)ccc3ccccc23)CC(C)(C)CC1=O)c1ccc(N(C)CCCl)cc1. The van der Waals surface area contributed by atoms with Gasteiger partial charge in [0.2, 0.25) is 0 Å². The number of benzene rings is 3. The number of ketones is 1. The molecule has 0 heterocycles. The topological polar surface area (TPSA) is 46.3 Å². The largest absolute Gasteiger partial charge is 0.398 e. The first-order chi connectivity index (χ1) is 15.7. The highest BCUT2D eigenvalue weighted by Gasteiger charge is 2.36. The Balaban J connectivity index is 1.87. The van der Waals surface area contributed by atoms with Crippen LogP contribution in [0.4, 0.5) is 11.4 Å². The number of halogens is 1. The van der Waals surface area contributed by atoms with Gasteiger partial charge in [0.15, 0.2) is 5.78 Å². The second kappa shape index (κ2) is 9.23. The molecule has 1 aliphatic rings. The number of nitrogens with zero attached hydrogens (tertiary/aromatic N) is 1. The third kappa shape index (κ3) is 4.65. The fraction of sp³-hybridized carbons (Fsp3) is 0.345. The highest BCUT2D eigenvalue weighted by atomic mass is 35.5.